The number of hydrogen-bond donors (Lipinski definition) is 3. The van der Waals surface area contributed by atoms with Crippen LogP contribution >= 0.6 is 11.3 Å². The van der Waals surface area contributed by atoms with E-state index in [0.29, 0.717) is 28.3 Å². The molecule has 4 heterocycles. The molecule has 9 nitrogen and oxygen atoms in total. The Labute approximate surface area is 203 Å². The summed E-state index contributed by atoms with van der Waals surface area (Å²) in [7, 11) is 3.76. The van der Waals surface area contributed by atoms with Crippen LogP contribution in [0.3, 0.4) is 0 Å². The normalized spacial score (nSPS) is 22.2. The molecule has 1 aliphatic heterocycles. The lowest BCUT2D eigenvalue weighted by Gasteiger charge is -2.26. The van der Waals surface area contributed by atoms with Gasteiger partial charge in [-0.25, -0.2) is 15.0 Å². The van der Waals surface area contributed by atoms with Crippen molar-refractivity contribution in [2.45, 2.75) is 38.3 Å². The van der Waals surface area contributed by atoms with Gasteiger partial charge in [0.15, 0.2) is 0 Å². The minimum atomic E-state index is -0.143. The largest absolute Gasteiger partial charge is 0.397 e. The summed E-state index contributed by atoms with van der Waals surface area (Å²) < 4.78 is 5.40. The van der Waals surface area contributed by atoms with Gasteiger partial charge in [0.25, 0.3) is 5.91 Å². The third-order valence-electron chi connectivity index (χ3n) is 6.92. The number of fused-ring (bicyclic) bond motifs is 2. The van der Waals surface area contributed by atoms with Crippen LogP contribution in [0, 0.1) is 12.8 Å². The highest BCUT2D eigenvalue weighted by molar-refractivity contribution is 7.21. The number of thiophene rings is 1. The maximum atomic E-state index is 13.0. The number of hydrogen-bond acceptors (Lipinski definition) is 9. The van der Waals surface area contributed by atoms with Gasteiger partial charge in [0.2, 0.25) is 0 Å². The van der Waals surface area contributed by atoms with Crippen LogP contribution in [0.4, 0.5) is 11.5 Å². The first kappa shape index (κ1) is 22.9. The summed E-state index contributed by atoms with van der Waals surface area (Å²) >= 11 is 1.32. The number of likely N-dealkylation sites (N-methyl/N-ethyl adjacent to an activating group) is 1. The number of nitrogen functional groups attached to an aromatic ring is 1. The second-order valence-corrected chi connectivity index (χ2v) is 10.2. The smallest absolute Gasteiger partial charge is 0.263 e. The Bertz CT molecular complexity index is 1210. The summed E-state index contributed by atoms with van der Waals surface area (Å²) in [5.74, 6) is 2.00. The van der Waals surface area contributed by atoms with Gasteiger partial charge >= 0.3 is 0 Å². The number of aromatic nitrogens is 3. The number of amides is 1. The first-order chi connectivity index (χ1) is 16.5. The number of nitrogens with one attached hydrogen (secondary N) is 2. The van der Waals surface area contributed by atoms with Crippen molar-refractivity contribution >= 4 is 39.0 Å². The maximum absolute atomic E-state index is 13.0. The first-order valence-electron chi connectivity index (χ1n) is 11.7. The molecule has 0 bridgehead atoms. The Hall–Kier alpha value is -2.82. The summed E-state index contributed by atoms with van der Waals surface area (Å²) in [5, 5.41) is 7.32. The lowest BCUT2D eigenvalue weighted by Crippen LogP contribution is -2.39. The van der Waals surface area contributed by atoms with Crippen LogP contribution in [0.2, 0.25) is 0 Å². The van der Waals surface area contributed by atoms with Crippen LogP contribution in [0.1, 0.15) is 33.2 Å². The van der Waals surface area contributed by atoms with E-state index in [-0.39, 0.29) is 11.9 Å². The number of aryl methyl sites for hydroxylation is 2. The van der Waals surface area contributed by atoms with Crippen molar-refractivity contribution in [3.05, 3.63) is 40.3 Å². The molecule has 1 saturated heterocycles. The SMILES string of the molecule is CNC1CN(c2ccc3c(n2)CCC(NC(=O)c2sc4nc(C)ncc4c2N)C3)CC1COC. The fraction of sp³-hybridized carbons (Fsp3) is 0.500. The van der Waals surface area contributed by atoms with E-state index >= 15 is 0 Å². The lowest BCUT2D eigenvalue weighted by molar-refractivity contribution is 0.0938. The number of nitrogens with zero attached hydrogens (tertiary/aromatic N) is 4. The van der Waals surface area contributed by atoms with E-state index in [0.717, 1.165) is 60.7 Å². The molecule has 0 aromatic carbocycles. The molecule has 0 spiro atoms. The number of methoxy groups -OCH3 is 1. The van der Waals surface area contributed by atoms with Gasteiger partial charge in [-0.2, -0.15) is 0 Å². The molecule has 5 rings (SSSR count). The lowest BCUT2D eigenvalue weighted by atomic mass is 9.91. The van der Waals surface area contributed by atoms with E-state index in [1.54, 1.807) is 13.3 Å². The summed E-state index contributed by atoms with van der Waals surface area (Å²) in [5.41, 5.74) is 9.02. The number of carbonyl (C=O) groups is 1. The van der Waals surface area contributed by atoms with Crippen LogP contribution in [0.15, 0.2) is 18.3 Å². The molecule has 1 amide bonds. The van der Waals surface area contributed by atoms with Crippen molar-refractivity contribution in [3.8, 4) is 0 Å². The molecule has 1 aliphatic carbocycles. The van der Waals surface area contributed by atoms with Crippen molar-refractivity contribution < 1.29 is 9.53 Å². The second kappa shape index (κ2) is 9.44. The Morgan fingerprint density at radius 3 is 2.97 bits per heavy atom. The van der Waals surface area contributed by atoms with Gasteiger partial charge in [0.1, 0.15) is 21.3 Å². The Balaban J connectivity index is 1.26. The van der Waals surface area contributed by atoms with Gasteiger partial charge in [-0.05, 0) is 44.9 Å². The molecule has 2 aliphatic rings. The monoisotopic (exact) mass is 481 g/mol. The molecule has 0 saturated carbocycles. The third kappa shape index (κ3) is 4.33. The van der Waals surface area contributed by atoms with Gasteiger partial charge in [0, 0.05) is 50.1 Å². The van der Waals surface area contributed by atoms with E-state index < -0.39 is 0 Å². The standard InChI is InChI=1S/C24H31N7O2S/c1-13-27-9-17-21(25)22(34-24(17)28-13)23(32)29-16-5-6-18-14(8-16)4-7-20(30-18)31-10-15(12-33-3)19(11-31)26-2/h4,7,9,15-16,19,26H,5-6,8,10-12,25H2,1-3H3,(H,29,32). The highest BCUT2D eigenvalue weighted by atomic mass is 32.1. The van der Waals surface area contributed by atoms with Crippen LogP contribution in [-0.2, 0) is 17.6 Å². The van der Waals surface area contributed by atoms with E-state index in [1.165, 1.54) is 16.9 Å². The predicted octanol–water partition coefficient (Wildman–Crippen LogP) is 1.93. The van der Waals surface area contributed by atoms with Gasteiger partial charge in [-0.3, -0.25) is 4.79 Å². The summed E-state index contributed by atoms with van der Waals surface area (Å²) in [6.45, 7) is 4.43. The molecule has 0 radical (unpaired) electrons. The van der Waals surface area contributed by atoms with Gasteiger partial charge in [-0.1, -0.05) is 6.07 Å². The van der Waals surface area contributed by atoms with Crippen molar-refractivity contribution in [1.29, 1.82) is 0 Å². The van der Waals surface area contributed by atoms with E-state index in [1.807, 2.05) is 14.0 Å². The minimum absolute atomic E-state index is 0.0524. The molecule has 10 heteroatoms. The van der Waals surface area contributed by atoms with E-state index in [4.69, 9.17) is 15.5 Å². The quantitative estimate of drug-likeness (QED) is 0.489. The molecule has 3 atom stereocenters. The van der Waals surface area contributed by atoms with Crippen molar-refractivity contribution in [1.82, 2.24) is 25.6 Å². The molecular weight excluding hydrogens is 450 g/mol. The van der Waals surface area contributed by atoms with Crippen molar-refractivity contribution in [2.75, 3.05) is 44.5 Å². The average Bonchev–Trinajstić information content (AvgIpc) is 3.39. The van der Waals surface area contributed by atoms with E-state index in [9.17, 15) is 4.79 Å². The molecule has 3 unspecified atom stereocenters. The number of anilines is 2. The number of nitrogens with two attached hydrogens (primary N) is 1. The van der Waals surface area contributed by atoms with Crippen molar-refractivity contribution in [2.24, 2.45) is 5.92 Å². The fourth-order valence-electron chi connectivity index (χ4n) is 5.07. The predicted molar refractivity (Wildman–Crippen MR) is 135 cm³/mol. The number of rotatable bonds is 6. The topological polar surface area (TPSA) is 118 Å². The average molecular weight is 482 g/mol. The zero-order valence-corrected chi connectivity index (χ0v) is 20.6. The Morgan fingerprint density at radius 2 is 2.18 bits per heavy atom. The number of carbonyl (C=O) groups excluding carboxylic acids is 1. The van der Waals surface area contributed by atoms with Gasteiger partial charge < -0.3 is 26.0 Å². The highest BCUT2D eigenvalue weighted by Crippen LogP contribution is 2.32. The van der Waals surface area contributed by atoms with E-state index in [2.05, 4.69) is 37.6 Å². The molecule has 3 aromatic rings. The van der Waals surface area contributed by atoms with Crippen LogP contribution in [0.25, 0.3) is 10.2 Å². The Kier molecular flexibility index (Phi) is 6.37. The molecule has 3 aromatic heterocycles. The van der Waals surface area contributed by atoms with Crippen LogP contribution < -0.4 is 21.3 Å². The fourth-order valence-corrected chi connectivity index (χ4v) is 6.09. The summed E-state index contributed by atoms with van der Waals surface area (Å²) in [4.78, 5) is 30.2. The third-order valence-corrected chi connectivity index (χ3v) is 8.03. The van der Waals surface area contributed by atoms with Crippen LogP contribution in [-0.4, -0.2) is 66.8 Å². The molecule has 1 fully saturated rings. The number of ether oxygens (including phenoxy) is 1. The highest BCUT2D eigenvalue weighted by Gasteiger charge is 2.33. The maximum Gasteiger partial charge on any atom is 0.263 e. The minimum Gasteiger partial charge on any atom is -0.397 e. The summed E-state index contributed by atoms with van der Waals surface area (Å²) in [6.07, 6.45) is 4.15. The van der Waals surface area contributed by atoms with Crippen molar-refractivity contribution in [3.63, 3.8) is 0 Å². The second-order valence-electron chi connectivity index (χ2n) is 9.18. The molecule has 180 valence electrons. The molecule has 4 N–H and O–H groups in total. The summed E-state index contributed by atoms with van der Waals surface area (Å²) in [6, 6.07) is 4.72. The van der Waals surface area contributed by atoms with Gasteiger partial charge in [0.05, 0.1) is 17.7 Å². The first-order valence-corrected chi connectivity index (χ1v) is 12.5. The zero-order valence-electron chi connectivity index (χ0n) is 19.8. The molecular formula is C24H31N7O2S. The number of pyridine rings is 1. The van der Waals surface area contributed by atoms with Gasteiger partial charge in [-0.15, -0.1) is 11.3 Å². The Morgan fingerprint density at radius 1 is 1.32 bits per heavy atom. The van der Waals surface area contributed by atoms with Crippen LogP contribution in [0.5, 0.6) is 0 Å². The zero-order chi connectivity index (χ0) is 23.8. The molecule has 34 heavy (non-hydrogen) atoms.